The Hall–Kier alpha value is -2.69. The van der Waals surface area contributed by atoms with Crippen molar-refractivity contribution in [3.63, 3.8) is 0 Å². The molecule has 0 aliphatic rings. The third-order valence-corrected chi connectivity index (χ3v) is 4.28. The Morgan fingerprint density at radius 2 is 1.96 bits per heavy atom. The van der Waals surface area contributed by atoms with Crippen LogP contribution in [0.4, 0.5) is 4.39 Å². The number of hydrogen-bond donors (Lipinski definition) is 0. The van der Waals surface area contributed by atoms with Gasteiger partial charge in [0.2, 0.25) is 5.91 Å². The molecule has 1 amide bonds. The highest BCUT2D eigenvalue weighted by atomic mass is 19.1. The molecule has 0 saturated carbocycles. The van der Waals surface area contributed by atoms with E-state index in [9.17, 15) is 9.18 Å². The van der Waals surface area contributed by atoms with Crippen LogP contribution in [0.2, 0.25) is 0 Å². The number of aromatic nitrogens is 2. The summed E-state index contributed by atoms with van der Waals surface area (Å²) >= 11 is 0. The first-order valence-corrected chi connectivity index (χ1v) is 7.84. The van der Waals surface area contributed by atoms with E-state index in [1.54, 1.807) is 24.3 Å². The van der Waals surface area contributed by atoms with Crippen LogP contribution in [0.25, 0.3) is 11.0 Å². The average molecular weight is 325 g/mol. The first-order chi connectivity index (χ1) is 11.4. The fraction of sp³-hybridized carbons (Fsp3) is 0.263. The van der Waals surface area contributed by atoms with Gasteiger partial charge in [0.05, 0.1) is 17.4 Å². The van der Waals surface area contributed by atoms with E-state index in [1.165, 1.54) is 23.3 Å². The lowest BCUT2D eigenvalue weighted by molar-refractivity contribution is -0.131. The molecule has 0 aliphatic carbocycles. The van der Waals surface area contributed by atoms with Crippen molar-refractivity contribution in [2.24, 2.45) is 0 Å². The number of carbonyl (C=O) groups excluding carboxylic acids is 1. The molecular weight excluding hydrogens is 305 g/mol. The number of nitrogens with zero attached hydrogens (tertiary/aromatic N) is 3. The summed E-state index contributed by atoms with van der Waals surface area (Å²) in [4.78, 5) is 18.4. The second-order valence-electron chi connectivity index (χ2n) is 6.18. The molecule has 0 N–H and O–H groups in total. The van der Waals surface area contributed by atoms with E-state index in [-0.39, 0.29) is 18.3 Å². The van der Waals surface area contributed by atoms with E-state index in [2.05, 4.69) is 11.1 Å². The average Bonchev–Trinajstić information content (AvgIpc) is 2.90. The molecule has 3 aromatic rings. The molecule has 0 atom stereocenters. The number of halogens is 1. The first kappa shape index (κ1) is 16.2. The zero-order valence-electron chi connectivity index (χ0n) is 14.1. The molecule has 0 spiro atoms. The zero-order valence-corrected chi connectivity index (χ0v) is 14.1. The molecule has 2 aromatic carbocycles. The molecule has 0 bridgehead atoms. The number of hydrogen-bond acceptors (Lipinski definition) is 2. The first-order valence-electron chi connectivity index (χ1n) is 7.84. The molecule has 5 heteroatoms. The van der Waals surface area contributed by atoms with Gasteiger partial charge >= 0.3 is 0 Å². The molecule has 0 saturated heterocycles. The van der Waals surface area contributed by atoms with Gasteiger partial charge in [0.15, 0.2) is 0 Å². The predicted molar refractivity (Wildman–Crippen MR) is 92.1 cm³/mol. The molecule has 1 aromatic heterocycles. The molecule has 3 rings (SSSR count). The highest BCUT2D eigenvalue weighted by Crippen LogP contribution is 2.18. The lowest BCUT2D eigenvalue weighted by Gasteiger charge is -2.18. The maximum Gasteiger partial charge on any atom is 0.242 e. The summed E-state index contributed by atoms with van der Waals surface area (Å²) in [5.74, 6) is -0.336. The van der Waals surface area contributed by atoms with Gasteiger partial charge < -0.3 is 9.47 Å². The van der Waals surface area contributed by atoms with E-state index >= 15 is 0 Å². The fourth-order valence-corrected chi connectivity index (χ4v) is 2.70. The number of benzene rings is 2. The SMILES string of the molecule is Cc1cc2ncn(CC(=O)N(C)Cc3cccc(F)c3)c2cc1C. The smallest absolute Gasteiger partial charge is 0.242 e. The van der Waals surface area contributed by atoms with Crippen molar-refractivity contribution < 1.29 is 9.18 Å². The minimum Gasteiger partial charge on any atom is -0.340 e. The van der Waals surface area contributed by atoms with Gasteiger partial charge in [-0.1, -0.05) is 12.1 Å². The Bertz CT molecular complexity index is 901. The Balaban J connectivity index is 1.76. The maximum atomic E-state index is 13.3. The van der Waals surface area contributed by atoms with Crippen molar-refractivity contribution in [2.75, 3.05) is 7.05 Å². The lowest BCUT2D eigenvalue weighted by Crippen LogP contribution is -2.29. The zero-order chi connectivity index (χ0) is 17.3. The molecular formula is C19H20FN3O. The van der Waals surface area contributed by atoms with Crippen LogP contribution in [0.1, 0.15) is 16.7 Å². The summed E-state index contributed by atoms with van der Waals surface area (Å²) < 4.78 is 15.1. The topological polar surface area (TPSA) is 38.1 Å². The molecule has 0 radical (unpaired) electrons. The number of carbonyl (C=O) groups is 1. The summed E-state index contributed by atoms with van der Waals surface area (Å²) in [6.45, 7) is 4.68. The Morgan fingerprint density at radius 1 is 1.21 bits per heavy atom. The van der Waals surface area contributed by atoms with Crippen LogP contribution in [-0.4, -0.2) is 27.4 Å². The van der Waals surface area contributed by atoms with E-state index in [0.29, 0.717) is 6.54 Å². The van der Waals surface area contributed by atoms with Crippen molar-refractivity contribution in [1.29, 1.82) is 0 Å². The highest BCUT2D eigenvalue weighted by Gasteiger charge is 2.13. The Kier molecular flexibility index (Phi) is 4.34. The van der Waals surface area contributed by atoms with Crippen LogP contribution < -0.4 is 0 Å². The van der Waals surface area contributed by atoms with E-state index < -0.39 is 0 Å². The second-order valence-corrected chi connectivity index (χ2v) is 6.18. The summed E-state index contributed by atoms with van der Waals surface area (Å²) in [7, 11) is 1.72. The van der Waals surface area contributed by atoms with Crippen molar-refractivity contribution in [2.45, 2.75) is 26.9 Å². The second kappa shape index (κ2) is 6.43. The van der Waals surface area contributed by atoms with Gasteiger partial charge in [-0.3, -0.25) is 4.79 Å². The summed E-state index contributed by atoms with van der Waals surface area (Å²) in [5.41, 5.74) is 4.96. The third-order valence-electron chi connectivity index (χ3n) is 4.28. The summed E-state index contributed by atoms with van der Waals surface area (Å²) in [6, 6.07) is 10.4. The van der Waals surface area contributed by atoms with Crippen molar-refractivity contribution in [1.82, 2.24) is 14.5 Å². The summed E-state index contributed by atoms with van der Waals surface area (Å²) in [5, 5.41) is 0. The summed E-state index contributed by atoms with van der Waals surface area (Å²) in [6.07, 6.45) is 1.69. The normalized spacial score (nSPS) is 11.0. The van der Waals surface area contributed by atoms with Gasteiger partial charge in [-0.2, -0.15) is 0 Å². The minimum atomic E-state index is -0.292. The molecule has 24 heavy (non-hydrogen) atoms. The van der Waals surface area contributed by atoms with Gasteiger partial charge in [0.1, 0.15) is 12.4 Å². The number of aryl methyl sites for hydroxylation is 2. The number of amides is 1. The molecule has 1 heterocycles. The maximum absolute atomic E-state index is 13.3. The third kappa shape index (κ3) is 3.30. The van der Waals surface area contributed by atoms with Crippen LogP contribution in [0, 0.1) is 19.7 Å². The quantitative estimate of drug-likeness (QED) is 0.737. The molecule has 4 nitrogen and oxygen atoms in total. The molecule has 124 valence electrons. The number of rotatable bonds is 4. The van der Waals surface area contributed by atoms with Crippen molar-refractivity contribution >= 4 is 16.9 Å². The van der Waals surface area contributed by atoms with Gasteiger partial charge in [0, 0.05) is 13.6 Å². The predicted octanol–water partition coefficient (Wildman–Crippen LogP) is 3.45. The van der Waals surface area contributed by atoms with E-state index in [0.717, 1.165) is 16.6 Å². The lowest BCUT2D eigenvalue weighted by atomic mass is 10.1. The van der Waals surface area contributed by atoms with Gasteiger partial charge in [0.25, 0.3) is 0 Å². The van der Waals surface area contributed by atoms with Crippen LogP contribution in [0.3, 0.4) is 0 Å². The Morgan fingerprint density at radius 3 is 2.71 bits per heavy atom. The fourth-order valence-electron chi connectivity index (χ4n) is 2.70. The highest BCUT2D eigenvalue weighted by molar-refractivity contribution is 5.81. The molecule has 0 unspecified atom stereocenters. The van der Waals surface area contributed by atoms with Crippen LogP contribution in [0.15, 0.2) is 42.7 Å². The van der Waals surface area contributed by atoms with Crippen LogP contribution in [-0.2, 0) is 17.9 Å². The van der Waals surface area contributed by atoms with Gasteiger partial charge in [-0.15, -0.1) is 0 Å². The van der Waals surface area contributed by atoms with Crippen molar-refractivity contribution in [3.05, 3.63) is 65.2 Å². The number of likely N-dealkylation sites (N-methyl/N-ethyl adjacent to an activating group) is 1. The standard InChI is InChI=1S/C19H20FN3O/c1-13-7-17-18(8-14(13)2)23(12-21-17)11-19(24)22(3)10-15-5-4-6-16(20)9-15/h4-9,12H,10-11H2,1-3H3. The Labute approximate surface area is 140 Å². The minimum absolute atomic E-state index is 0.0446. The molecule has 0 aliphatic heterocycles. The van der Waals surface area contributed by atoms with E-state index in [1.807, 2.05) is 30.5 Å². The number of imidazole rings is 1. The van der Waals surface area contributed by atoms with Gasteiger partial charge in [-0.25, -0.2) is 9.37 Å². The largest absolute Gasteiger partial charge is 0.340 e. The van der Waals surface area contributed by atoms with Crippen molar-refractivity contribution in [3.8, 4) is 0 Å². The van der Waals surface area contributed by atoms with Gasteiger partial charge in [-0.05, 0) is 54.8 Å². The molecule has 0 fully saturated rings. The van der Waals surface area contributed by atoms with Crippen LogP contribution >= 0.6 is 0 Å². The van der Waals surface area contributed by atoms with E-state index in [4.69, 9.17) is 0 Å². The van der Waals surface area contributed by atoms with Crippen LogP contribution in [0.5, 0.6) is 0 Å². The number of fused-ring (bicyclic) bond motifs is 1. The monoisotopic (exact) mass is 325 g/mol.